The second-order valence-electron chi connectivity index (χ2n) is 38.6. The lowest BCUT2D eigenvalue weighted by molar-refractivity contribution is 1.01. The normalized spacial score (nSPS) is 11.5. The molecule has 0 aliphatic rings. The first-order valence-electron chi connectivity index (χ1n) is 50.7. The van der Waals surface area contributed by atoms with E-state index in [1.54, 1.807) is 0 Å². The van der Waals surface area contributed by atoms with Crippen molar-refractivity contribution in [2.75, 3.05) is 0 Å². The molecule has 30 aromatic rings. The molecule has 0 bridgehead atoms. The fourth-order valence-electron chi connectivity index (χ4n) is 22.9. The lowest BCUT2D eigenvalue weighted by Gasteiger charge is -2.15. The molecule has 0 atom stereocenters. The topological polar surface area (TPSA) is 19.7 Å². The Balaban J connectivity index is 0.000000102. The highest BCUT2D eigenvalue weighted by molar-refractivity contribution is 6.19. The summed E-state index contributed by atoms with van der Waals surface area (Å²) < 4.78 is 9.63. The van der Waals surface area contributed by atoms with Gasteiger partial charge in [-0.1, -0.05) is 444 Å². The van der Waals surface area contributed by atoms with Gasteiger partial charge < -0.3 is 18.3 Å². The molecule has 0 radical (unpaired) electrons. The smallest absolute Gasteiger partial charge is 0.0547 e. The molecule has 696 valence electrons. The maximum Gasteiger partial charge on any atom is 0.0547 e. The van der Waals surface area contributed by atoms with Crippen LogP contribution in [0.4, 0.5) is 0 Å². The van der Waals surface area contributed by atoms with Gasteiger partial charge in [-0.05, 0) is 276 Å². The van der Waals surface area contributed by atoms with Crippen LogP contribution in [-0.2, 0) is 7.05 Å². The molecule has 0 saturated carbocycles. The van der Waals surface area contributed by atoms with E-state index >= 15 is 0 Å². The van der Waals surface area contributed by atoms with Gasteiger partial charge in [-0.15, -0.1) is 0 Å². The maximum absolute atomic E-state index is 2.50. The molecule has 0 unspecified atom stereocenters. The highest BCUT2D eigenvalue weighted by atomic mass is 15.0. The van der Waals surface area contributed by atoms with E-state index in [1.807, 2.05) is 0 Å². The van der Waals surface area contributed by atoms with Crippen LogP contribution >= 0.6 is 0 Å². The summed E-state index contributed by atoms with van der Waals surface area (Å²) in [5.74, 6) is 0. The molecule has 0 aliphatic carbocycles. The molecule has 0 aliphatic heterocycles. The van der Waals surface area contributed by atoms with E-state index in [4.69, 9.17) is 0 Å². The monoisotopic (exact) mass is 1880 g/mol. The summed E-state index contributed by atoms with van der Waals surface area (Å²) in [6.07, 6.45) is 0. The number of hydrogen-bond acceptors (Lipinski definition) is 0. The molecular weight excluding hydrogens is 1790 g/mol. The molecule has 0 fully saturated rings. The Bertz CT molecular complexity index is 9910. The SMILES string of the molecule is C.Cn1c2ccc(-c3ccc4ccccc4c3)cc2c2cc(-c3ccc4ccccc4c3)ccc21.c1ccc(-c2cc3c4cc(-c5ccccc5)c(-c5ccccc5)cc4n(-c4cccc5ccccc45)c3cc2-c2ccccc2)cc1.c1ccc2c(-n3c4ccccc4c4ccccc43)cccc2c1.c1ccc2cc(-c3ccc4c(c3)c3cc(-c5ccc6ccccc6c5)ccc3n4-c3cccc4ccccc34)ccc2c1. The molecule has 0 spiro atoms. The third kappa shape index (κ3) is 16.0. The quantitative estimate of drug-likeness (QED) is 0.123. The molecule has 0 amide bonds. The summed E-state index contributed by atoms with van der Waals surface area (Å²) in [5, 5.41) is 27.9. The van der Waals surface area contributed by atoms with Crippen LogP contribution in [0.25, 0.3) is 269 Å². The van der Waals surface area contributed by atoms with Gasteiger partial charge in [0.1, 0.15) is 0 Å². The number of aryl methyl sites for hydroxylation is 1. The average Bonchev–Trinajstić information content (AvgIpc) is 1.57. The van der Waals surface area contributed by atoms with Crippen LogP contribution in [-0.4, -0.2) is 18.3 Å². The molecule has 4 nitrogen and oxygen atoms in total. The van der Waals surface area contributed by atoms with Gasteiger partial charge in [0.15, 0.2) is 0 Å². The van der Waals surface area contributed by atoms with Crippen molar-refractivity contribution in [2.45, 2.75) is 7.43 Å². The molecule has 4 aromatic heterocycles. The van der Waals surface area contributed by atoms with E-state index in [1.165, 1.54) is 269 Å². The van der Waals surface area contributed by atoms with Crippen LogP contribution in [0.15, 0.2) is 564 Å². The van der Waals surface area contributed by atoms with Gasteiger partial charge in [0.2, 0.25) is 0 Å². The summed E-state index contributed by atoms with van der Waals surface area (Å²) in [6.45, 7) is 0. The Hall–Kier alpha value is -19.3. The van der Waals surface area contributed by atoms with Crippen LogP contribution in [0, 0.1) is 0 Å². The van der Waals surface area contributed by atoms with Crippen LogP contribution in [0.5, 0.6) is 0 Å². The summed E-state index contributed by atoms with van der Waals surface area (Å²) >= 11 is 0. The van der Waals surface area contributed by atoms with Gasteiger partial charge in [-0.25, -0.2) is 0 Å². The molecule has 148 heavy (non-hydrogen) atoms. The molecule has 4 heterocycles. The first kappa shape index (κ1) is 88.9. The molecule has 30 rings (SSSR count). The molecular formula is C144H100N4. The number of rotatable bonds is 11. The van der Waals surface area contributed by atoms with Crippen molar-refractivity contribution in [1.29, 1.82) is 0 Å². The summed E-state index contributed by atoms with van der Waals surface area (Å²) in [6, 6.07) is 205. The summed E-state index contributed by atoms with van der Waals surface area (Å²) in [5.41, 5.74) is 33.1. The van der Waals surface area contributed by atoms with E-state index in [-0.39, 0.29) is 7.43 Å². The zero-order valence-electron chi connectivity index (χ0n) is 81.0. The lowest BCUT2D eigenvalue weighted by Crippen LogP contribution is -1.97. The van der Waals surface area contributed by atoms with Crippen molar-refractivity contribution in [3.8, 4) is 106 Å². The van der Waals surface area contributed by atoms with E-state index in [0.717, 1.165) is 0 Å². The van der Waals surface area contributed by atoms with Gasteiger partial charge in [0.25, 0.3) is 0 Å². The fourth-order valence-corrected chi connectivity index (χ4v) is 22.9. The van der Waals surface area contributed by atoms with Gasteiger partial charge in [0.05, 0.1) is 50.2 Å². The average molecular weight is 1890 g/mol. The maximum atomic E-state index is 2.50. The minimum Gasteiger partial charge on any atom is -0.344 e. The molecule has 4 heteroatoms. The first-order valence-corrected chi connectivity index (χ1v) is 50.7. The minimum atomic E-state index is 0. The Morgan fingerprint density at radius 2 is 0.318 bits per heavy atom. The number of benzene rings is 26. The molecule has 0 saturated heterocycles. The minimum absolute atomic E-state index is 0. The number of hydrogen-bond donors (Lipinski definition) is 0. The number of fused-ring (bicyclic) bond motifs is 19. The highest BCUT2D eigenvalue weighted by Gasteiger charge is 2.25. The van der Waals surface area contributed by atoms with Crippen LogP contribution < -0.4 is 0 Å². The lowest BCUT2D eigenvalue weighted by atomic mass is 9.91. The van der Waals surface area contributed by atoms with Crippen molar-refractivity contribution >= 4 is 163 Å². The Morgan fingerprint density at radius 3 is 0.622 bits per heavy atom. The predicted octanol–water partition coefficient (Wildman–Crippen LogP) is 39.7. The largest absolute Gasteiger partial charge is 0.344 e. The van der Waals surface area contributed by atoms with Gasteiger partial charge in [-0.3, -0.25) is 0 Å². The third-order valence-electron chi connectivity index (χ3n) is 30.1. The van der Waals surface area contributed by atoms with Crippen molar-refractivity contribution in [2.24, 2.45) is 7.05 Å². The highest BCUT2D eigenvalue weighted by Crippen LogP contribution is 2.48. The number of aromatic nitrogens is 4. The predicted molar refractivity (Wildman–Crippen MR) is 636 cm³/mol. The Labute approximate surface area is 859 Å². The van der Waals surface area contributed by atoms with Crippen molar-refractivity contribution in [3.63, 3.8) is 0 Å². The van der Waals surface area contributed by atoms with E-state index in [9.17, 15) is 0 Å². The van der Waals surface area contributed by atoms with Crippen molar-refractivity contribution < 1.29 is 0 Å². The molecule has 26 aromatic carbocycles. The molecule has 0 N–H and O–H groups in total. The summed E-state index contributed by atoms with van der Waals surface area (Å²) in [7, 11) is 2.16. The second-order valence-corrected chi connectivity index (χ2v) is 38.6. The standard InChI is InChI=1S/C46H31N.C42H27N.C33H23N.C22H15N.CH4/c1-5-16-33(17-6-1)38-28-42-43-29-39(34-18-7-2-8-19-34)41(36-22-11-4-12-23-36)31-46(43)47(44-27-15-25-32-24-13-14-26-37(32)44)45(42)30-40(38)35-20-9-3-10-21-35;1-3-11-31-24-33(18-16-28(31)8-1)35-20-22-41-38(26-35)39-27-36(34-19-17-29-9-2-4-12-32(29)25-34)21-23-42(39)43(41)40-15-7-13-30-10-5-6-14-37(30)40;1-34-32-16-14-28(26-12-10-22-6-2-4-8-24(22)18-26)20-30(32)31-21-29(15-17-33(31)34)27-13-11-23-7-3-5-9-25(23)19-27;1-2-10-17-16(8-1)9-7-15-20(17)23-21-13-5-3-11-18(21)19-12-4-6-14-22(19)23;/h1-31H;1-27H;2-21H,1H3;1-15H;1H4. The second kappa shape index (κ2) is 37.9. The van der Waals surface area contributed by atoms with E-state index in [0.29, 0.717) is 0 Å². The van der Waals surface area contributed by atoms with Gasteiger partial charge >= 0.3 is 0 Å². The van der Waals surface area contributed by atoms with Gasteiger partial charge in [-0.2, -0.15) is 0 Å². The fraction of sp³-hybridized carbons (Fsp3) is 0.0139. The Kier molecular flexibility index (Phi) is 22.7. The number of para-hydroxylation sites is 2. The third-order valence-corrected chi connectivity index (χ3v) is 30.1. The number of nitrogens with zero attached hydrogens (tertiary/aromatic N) is 4. The van der Waals surface area contributed by atoms with E-state index in [2.05, 4.69) is 589 Å². The van der Waals surface area contributed by atoms with Crippen molar-refractivity contribution in [1.82, 2.24) is 18.3 Å². The van der Waals surface area contributed by atoms with Crippen molar-refractivity contribution in [3.05, 3.63) is 564 Å². The Morgan fingerprint density at radius 1 is 0.115 bits per heavy atom. The zero-order chi connectivity index (χ0) is 97.4. The van der Waals surface area contributed by atoms with E-state index < -0.39 is 0 Å². The first-order chi connectivity index (χ1) is 72.8. The van der Waals surface area contributed by atoms with Crippen LogP contribution in [0.3, 0.4) is 0 Å². The van der Waals surface area contributed by atoms with Gasteiger partial charge in [0, 0.05) is 77.3 Å². The zero-order valence-corrected chi connectivity index (χ0v) is 81.0. The summed E-state index contributed by atoms with van der Waals surface area (Å²) in [4.78, 5) is 0. The van der Waals surface area contributed by atoms with Crippen LogP contribution in [0.2, 0.25) is 0 Å². The van der Waals surface area contributed by atoms with Crippen LogP contribution in [0.1, 0.15) is 7.43 Å².